The third-order valence-corrected chi connectivity index (χ3v) is 3.45. The topological polar surface area (TPSA) is 87.6 Å². The highest BCUT2D eigenvalue weighted by molar-refractivity contribution is 9.11. The second-order valence-electron chi connectivity index (χ2n) is 3.35. The van der Waals surface area contributed by atoms with Gasteiger partial charge in [-0.25, -0.2) is 9.97 Å². The van der Waals surface area contributed by atoms with Crippen LogP contribution in [0.4, 0.5) is 17.3 Å². The molecule has 18 heavy (non-hydrogen) atoms. The fourth-order valence-corrected chi connectivity index (χ4v) is 1.98. The van der Waals surface area contributed by atoms with Crippen molar-refractivity contribution in [1.29, 1.82) is 5.26 Å². The molecule has 0 atom stereocenters. The van der Waals surface area contributed by atoms with Crippen LogP contribution >= 0.6 is 31.9 Å². The van der Waals surface area contributed by atoms with Crippen molar-refractivity contribution < 1.29 is 0 Å². The summed E-state index contributed by atoms with van der Waals surface area (Å²) >= 11 is 6.61. The molecule has 0 bridgehead atoms. The van der Waals surface area contributed by atoms with E-state index in [1.165, 1.54) is 6.33 Å². The van der Waals surface area contributed by atoms with Crippen LogP contribution in [0.1, 0.15) is 5.56 Å². The molecule has 7 heteroatoms. The van der Waals surface area contributed by atoms with Crippen molar-refractivity contribution >= 4 is 49.2 Å². The number of nitriles is 1. The zero-order valence-corrected chi connectivity index (χ0v) is 12.2. The van der Waals surface area contributed by atoms with Crippen LogP contribution in [0.3, 0.4) is 0 Å². The van der Waals surface area contributed by atoms with Gasteiger partial charge in [-0.2, -0.15) is 5.26 Å². The van der Waals surface area contributed by atoms with Gasteiger partial charge in [0.2, 0.25) is 0 Å². The molecule has 0 saturated carbocycles. The van der Waals surface area contributed by atoms with E-state index >= 15 is 0 Å². The molecule has 1 heterocycles. The molecular formula is C11H7Br2N5. The highest BCUT2D eigenvalue weighted by Gasteiger charge is 2.09. The van der Waals surface area contributed by atoms with E-state index in [-0.39, 0.29) is 0 Å². The van der Waals surface area contributed by atoms with Gasteiger partial charge in [0.1, 0.15) is 28.5 Å². The van der Waals surface area contributed by atoms with Gasteiger partial charge >= 0.3 is 0 Å². The summed E-state index contributed by atoms with van der Waals surface area (Å²) in [4.78, 5) is 7.91. The number of aromatic nitrogens is 2. The zero-order chi connectivity index (χ0) is 13.1. The van der Waals surface area contributed by atoms with E-state index in [9.17, 15) is 0 Å². The maximum Gasteiger partial charge on any atom is 0.150 e. The van der Waals surface area contributed by atoms with Crippen LogP contribution in [0.5, 0.6) is 0 Å². The maximum atomic E-state index is 9.06. The minimum atomic E-state index is 0.336. The van der Waals surface area contributed by atoms with E-state index in [0.29, 0.717) is 27.4 Å². The molecule has 0 spiro atoms. The molecule has 1 aromatic heterocycles. The lowest BCUT2D eigenvalue weighted by Crippen LogP contribution is -2.01. The number of nitrogens with two attached hydrogens (primary N) is 1. The molecule has 90 valence electrons. The SMILES string of the molecule is N#Cc1cc(Br)ccc1Nc1ncnc(N)c1Br. The Morgan fingerprint density at radius 2 is 2.06 bits per heavy atom. The summed E-state index contributed by atoms with van der Waals surface area (Å²) in [5, 5.41) is 12.1. The van der Waals surface area contributed by atoms with Crippen molar-refractivity contribution in [1.82, 2.24) is 9.97 Å². The lowest BCUT2D eigenvalue weighted by atomic mass is 10.2. The normalized spacial score (nSPS) is 9.83. The number of hydrogen-bond acceptors (Lipinski definition) is 5. The molecular weight excluding hydrogens is 362 g/mol. The number of nitrogens with zero attached hydrogens (tertiary/aromatic N) is 3. The molecule has 5 nitrogen and oxygen atoms in total. The average Bonchev–Trinajstić information content (AvgIpc) is 2.37. The molecule has 0 aliphatic heterocycles. The summed E-state index contributed by atoms with van der Waals surface area (Å²) in [5.74, 6) is 0.851. The first-order valence-corrected chi connectivity index (χ1v) is 6.43. The Balaban J connectivity index is 2.41. The average molecular weight is 369 g/mol. The molecule has 2 rings (SSSR count). The van der Waals surface area contributed by atoms with Crippen molar-refractivity contribution in [3.05, 3.63) is 39.0 Å². The Labute approximate surface area is 120 Å². The zero-order valence-electron chi connectivity index (χ0n) is 8.98. The Morgan fingerprint density at radius 3 is 2.78 bits per heavy atom. The Hall–Kier alpha value is -1.65. The fourth-order valence-electron chi connectivity index (χ4n) is 1.32. The number of hydrogen-bond donors (Lipinski definition) is 2. The van der Waals surface area contributed by atoms with Crippen LogP contribution in [-0.4, -0.2) is 9.97 Å². The van der Waals surface area contributed by atoms with Gasteiger partial charge < -0.3 is 11.1 Å². The van der Waals surface area contributed by atoms with Crippen molar-refractivity contribution in [2.24, 2.45) is 0 Å². The quantitative estimate of drug-likeness (QED) is 0.849. The van der Waals surface area contributed by atoms with Crippen LogP contribution in [-0.2, 0) is 0 Å². The molecule has 3 N–H and O–H groups in total. The molecule has 1 aromatic carbocycles. The smallest absolute Gasteiger partial charge is 0.150 e. The van der Waals surface area contributed by atoms with Gasteiger partial charge in [0.25, 0.3) is 0 Å². The largest absolute Gasteiger partial charge is 0.383 e. The van der Waals surface area contributed by atoms with Crippen LogP contribution in [0.25, 0.3) is 0 Å². The van der Waals surface area contributed by atoms with Crippen molar-refractivity contribution in [3.63, 3.8) is 0 Å². The summed E-state index contributed by atoms with van der Waals surface area (Å²) in [6, 6.07) is 7.45. The van der Waals surface area contributed by atoms with E-state index in [2.05, 4.69) is 53.2 Å². The predicted molar refractivity (Wildman–Crippen MR) is 76.3 cm³/mol. The minimum absolute atomic E-state index is 0.336. The third-order valence-electron chi connectivity index (χ3n) is 2.17. The van der Waals surface area contributed by atoms with Gasteiger partial charge in [0, 0.05) is 4.47 Å². The van der Waals surface area contributed by atoms with Crippen LogP contribution in [0.15, 0.2) is 33.5 Å². The Kier molecular flexibility index (Phi) is 3.79. The Bertz CT molecular complexity index is 636. The first kappa shape index (κ1) is 12.8. The number of nitrogen functional groups attached to an aromatic ring is 1. The van der Waals surface area contributed by atoms with Gasteiger partial charge in [-0.1, -0.05) is 15.9 Å². The highest BCUT2D eigenvalue weighted by atomic mass is 79.9. The monoisotopic (exact) mass is 367 g/mol. The fraction of sp³-hybridized carbons (Fsp3) is 0. The summed E-state index contributed by atoms with van der Waals surface area (Å²) in [7, 11) is 0. The van der Waals surface area contributed by atoms with E-state index in [4.69, 9.17) is 11.0 Å². The van der Waals surface area contributed by atoms with Crippen LogP contribution in [0, 0.1) is 11.3 Å². The number of nitrogens with one attached hydrogen (secondary N) is 1. The van der Waals surface area contributed by atoms with E-state index in [1.54, 1.807) is 12.1 Å². The Morgan fingerprint density at radius 1 is 1.28 bits per heavy atom. The molecule has 0 saturated heterocycles. The molecule has 0 aliphatic rings. The van der Waals surface area contributed by atoms with Gasteiger partial charge in [-0.05, 0) is 34.1 Å². The molecule has 2 aromatic rings. The number of anilines is 3. The van der Waals surface area contributed by atoms with Crippen molar-refractivity contribution in [2.75, 3.05) is 11.1 Å². The van der Waals surface area contributed by atoms with Crippen LogP contribution < -0.4 is 11.1 Å². The second-order valence-corrected chi connectivity index (χ2v) is 5.06. The minimum Gasteiger partial charge on any atom is -0.383 e. The lowest BCUT2D eigenvalue weighted by molar-refractivity contribution is 1.16. The number of benzene rings is 1. The van der Waals surface area contributed by atoms with Gasteiger partial charge in [-0.3, -0.25) is 0 Å². The standard InChI is InChI=1S/C11H7Br2N5/c12-7-1-2-8(6(3-7)4-14)18-11-9(13)10(15)16-5-17-11/h1-3,5H,(H3,15,16,17,18). The molecule has 0 amide bonds. The van der Waals surface area contributed by atoms with Gasteiger partial charge in [-0.15, -0.1) is 0 Å². The van der Waals surface area contributed by atoms with E-state index in [0.717, 1.165) is 4.47 Å². The summed E-state index contributed by atoms with van der Waals surface area (Å²) in [6.45, 7) is 0. The van der Waals surface area contributed by atoms with Crippen molar-refractivity contribution in [2.45, 2.75) is 0 Å². The predicted octanol–water partition coefficient (Wildman–Crippen LogP) is 3.20. The molecule has 0 radical (unpaired) electrons. The summed E-state index contributed by atoms with van der Waals surface area (Å²) in [6.07, 6.45) is 1.35. The molecule has 0 aliphatic carbocycles. The summed E-state index contributed by atoms with van der Waals surface area (Å²) < 4.78 is 1.41. The van der Waals surface area contributed by atoms with E-state index in [1.807, 2.05) is 6.07 Å². The summed E-state index contributed by atoms with van der Waals surface area (Å²) in [5.41, 5.74) is 6.82. The van der Waals surface area contributed by atoms with E-state index < -0.39 is 0 Å². The number of rotatable bonds is 2. The first-order chi connectivity index (χ1) is 8.61. The second kappa shape index (κ2) is 5.33. The van der Waals surface area contributed by atoms with Crippen LogP contribution in [0.2, 0.25) is 0 Å². The molecule has 0 fully saturated rings. The van der Waals surface area contributed by atoms with Gasteiger partial charge in [0.05, 0.1) is 11.3 Å². The van der Waals surface area contributed by atoms with Crippen molar-refractivity contribution in [3.8, 4) is 6.07 Å². The van der Waals surface area contributed by atoms with Gasteiger partial charge in [0.15, 0.2) is 0 Å². The lowest BCUT2D eigenvalue weighted by Gasteiger charge is -2.09. The third kappa shape index (κ3) is 2.60. The maximum absolute atomic E-state index is 9.06. The first-order valence-electron chi connectivity index (χ1n) is 4.84. The number of halogens is 2. The molecule has 0 unspecified atom stereocenters. The highest BCUT2D eigenvalue weighted by Crippen LogP contribution is 2.29.